The number of anilines is 1. The Morgan fingerprint density at radius 2 is 2.23 bits per heavy atom. The second-order valence-electron chi connectivity index (χ2n) is 2.89. The number of nitrogens with two attached hydrogens (primary N) is 2. The highest BCUT2D eigenvalue weighted by molar-refractivity contribution is 5.39. The molecule has 1 heterocycles. The van der Waals surface area contributed by atoms with Crippen LogP contribution in [0.3, 0.4) is 0 Å². The van der Waals surface area contributed by atoms with Crippen molar-refractivity contribution in [1.29, 1.82) is 0 Å². The van der Waals surface area contributed by atoms with Crippen LogP contribution in [-0.2, 0) is 7.05 Å². The van der Waals surface area contributed by atoms with E-state index in [2.05, 4.69) is 5.10 Å². The molecule has 13 heavy (non-hydrogen) atoms. The van der Waals surface area contributed by atoms with Crippen LogP contribution in [0.1, 0.15) is 11.7 Å². The molecule has 2 unspecified atom stereocenters. The molecule has 1 rings (SSSR count). The van der Waals surface area contributed by atoms with E-state index in [0.29, 0.717) is 5.56 Å². The van der Waals surface area contributed by atoms with Gasteiger partial charge in [0, 0.05) is 25.4 Å². The molecule has 2 atom stereocenters. The minimum absolute atomic E-state index is 0.0184. The highest BCUT2D eigenvalue weighted by atomic mass is 16.3. The Bertz CT molecular complexity index is 286. The van der Waals surface area contributed by atoms with Gasteiger partial charge in [-0.2, -0.15) is 5.10 Å². The van der Waals surface area contributed by atoms with E-state index >= 15 is 0 Å². The number of aromatic nitrogens is 2. The summed E-state index contributed by atoms with van der Waals surface area (Å²) in [6, 6.07) is 0. The van der Waals surface area contributed by atoms with Crippen molar-refractivity contribution in [1.82, 2.24) is 9.78 Å². The van der Waals surface area contributed by atoms with E-state index in [1.807, 2.05) is 0 Å². The number of nitrogen functional groups attached to an aromatic ring is 1. The van der Waals surface area contributed by atoms with Crippen molar-refractivity contribution < 1.29 is 10.2 Å². The fraction of sp³-hybridized carbons (Fsp3) is 0.571. The fourth-order valence-corrected chi connectivity index (χ4v) is 1.09. The highest BCUT2D eigenvalue weighted by Gasteiger charge is 2.21. The minimum atomic E-state index is -1.07. The van der Waals surface area contributed by atoms with Crippen LogP contribution < -0.4 is 11.5 Å². The summed E-state index contributed by atoms with van der Waals surface area (Å²) in [6.45, 7) is -0.0184. The zero-order valence-electron chi connectivity index (χ0n) is 7.38. The molecular weight excluding hydrogens is 172 g/mol. The molecule has 0 aliphatic rings. The monoisotopic (exact) mass is 186 g/mol. The molecule has 74 valence electrons. The van der Waals surface area contributed by atoms with Crippen molar-refractivity contribution in [3.05, 3.63) is 11.8 Å². The molecule has 0 radical (unpaired) electrons. The number of aryl methyl sites for hydroxylation is 1. The number of aliphatic hydroxyl groups excluding tert-OH is 2. The Morgan fingerprint density at radius 3 is 2.62 bits per heavy atom. The molecule has 6 heteroatoms. The third-order valence-corrected chi connectivity index (χ3v) is 1.81. The lowest BCUT2D eigenvalue weighted by Crippen LogP contribution is -2.27. The second kappa shape index (κ2) is 3.73. The first kappa shape index (κ1) is 9.97. The van der Waals surface area contributed by atoms with E-state index in [1.165, 1.54) is 4.68 Å². The Kier molecular flexibility index (Phi) is 2.86. The maximum absolute atomic E-state index is 9.52. The van der Waals surface area contributed by atoms with E-state index in [0.717, 1.165) is 0 Å². The molecule has 0 bridgehead atoms. The lowest BCUT2D eigenvalue weighted by Gasteiger charge is -2.14. The minimum Gasteiger partial charge on any atom is -0.389 e. The van der Waals surface area contributed by atoms with Gasteiger partial charge in [-0.15, -0.1) is 0 Å². The van der Waals surface area contributed by atoms with Crippen LogP contribution in [0.25, 0.3) is 0 Å². The van der Waals surface area contributed by atoms with Gasteiger partial charge < -0.3 is 21.7 Å². The normalized spacial score (nSPS) is 15.7. The van der Waals surface area contributed by atoms with Crippen LogP contribution in [0.5, 0.6) is 0 Å². The van der Waals surface area contributed by atoms with Gasteiger partial charge >= 0.3 is 0 Å². The average molecular weight is 186 g/mol. The van der Waals surface area contributed by atoms with Crippen LogP contribution in [0.2, 0.25) is 0 Å². The molecule has 6 nitrogen and oxygen atoms in total. The predicted octanol–water partition coefficient (Wildman–Crippen LogP) is -1.64. The van der Waals surface area contributed by atoms with Gasteiger partial charge in [0.15, 0.2) is 5.82 Å². The molecule has 0 aliphatic carbocycles. The maximum atomic E-state index is 9.52. The Labute approximate surface area is 75.8 Å². The van der Waals surface area contributed by atoms with Crippen molar-refractivity contribution in [3.63, 3.8) is 0 Å². The lowest BCUT2D eigenvalue weighted by molar-refractivity contribution is 0.0247. The molecular formula is C7H14N4O2. The van der Waals surface area contributed by atoms with Crippen molar-refractivity contribution in [2.75, 3.05) is 12.3 Å². The molecule has 1 aromatic heterocycles. The largest absolute Gasteiger partial charge is 0.389 e. The smallest absolute Gasteiger partial charge is 0.151 e. The van der Waals surface area contributed by atoms with E-state index in [1.54, 1.807) is 13.2 Å². The summed E-state index contributed by atoms with van der Waals surface area (Å²) >= 11 is 0. The summed E-state index contributed by atoms with van der Waals surface area (Å²) in [4.78, 5) is 0. The Hall–Kier alpha value is -1.11. The zero-order chi connectivity index (χ0) is 10.0. The first-order valence-electron chi connectivity index (χ1n) is 3.91. The van der Waals surface area contributed by atoms with Gasteiger partial charge in [-0.1, -0.05) is 0 Å². The summed E-state index contributed by atoms with van der Waals surface area (Å²) in [5, 5.41) is 22.6. The van der Waals surface area contributed by atoms with E-state index < -0.39 is 12.2 Å². The second-order valence-corrected chi connectivity index (χ2v) is 2.89. The topological polar surface area (TPSA) is 110 Å². The number of hydrogen-bond donors (Lipinski definition) is 4. The summed E-state index contributed by atoms with van der Waals surface area (Å²) in [7, 11) is 1.68. The molecule has 0 saturated carbocycles. The van der Waals surface area contributed by atoms with Crippen LogP contribution in [-0.4, -0.2) is 32.6 Å². The fourth-order valence-electron chi connectivity index (χ4n) is 1.09. The van der Waals surface area contributed by atoms with Crippen LogP contribution in [0.15, 0.2) is 6.20 Å². The summed E-state index contributed by atoms with van der Waals surface area (Å²) in [5.41, 5.74) is 11.1. The first-order chi connectivity index (χ1) is 6.06. The van der Waals surface area contributed by atoms with Gasteiger partial charge in [0.2, 0.25) is 0 Å². The molecule has 1 aromatic rings. The van der Waals surface area contributed by atoms with Crippen molar-refractivity contribution in [2.45, 2.75) is 12.2 Å². The summed E-state index contributed by atoms with van der Waals surface area (Å²) < 4.78 is 1.47. The molecule has 0 saturated heterocycles. The molecule has 6 N–H and O–H groups in total. The van der Waals surface area contributed by atoms with E-state index in [-0.39, 0.29) is 12.4 Å². The van der Waals surface area contributed by atoms with Crippen LogP contribution >= 0.6 is 0 Å². The molecule has 0 amide bonds. The van der Waals surface area contributed by atoms with E-state index in [9.17, 15) is 10.2 Å². The Balaban J connectivity index is 2.87. The quantitative estimate of drug-likeness (QED) is 0.452. The standard InChI is InChI=1S/C7H14N4O2/c1-11-3-4(7(9)10-11)6(13)5(12)2-8/h3,5-6,12-13H,2,8H2,1H3,(H2,9,10). The Morgan fingerprint density at radius 1 is 1.62 bits per heavy atom. The number of nitrogens with zero attached hydrogens (tertiary/aromatic N) is 2. The maximum Gasteiger partial charge on any atom is 0.151 e. The van der Waals surface area contributed by atoms with E-state index in [4.69, 9.17) is 11.5 Å². The number of rotatable bonds is 3. The third kappa shape index (κ3) is 1.97. The average Bonchev–Trinajstić information content (AvgIpc) is 2.42. The van der Waals surface area contributed by atoms with Crippen LogP contribution in [0.4, 0.5) is 5.82 Å². The number of aliphatic hydroxyl groups is 2. The molecule has 0 aliphatic heterocycles. The SMILES string of the molecule is Cn1cc(C(O)C(O)CN)c(N)n1. The van der Waals surface area contributed by atoms with Gasteiger partial charge in [0.05, 0.1) is 6.10 Å². The summed E-state index contributed by atoms with van der Waals surface area (Å²) in [6.07, 6.45) is -0.524. The van der Waals surface area contributed by atoms with Crippen molar-refractivity contribution in [2.24, 2.45) is 12.8 Å². The van der Waals surface area contributed by atoms with Gasteiger partial charge in [-0.05, 0) is 0 Å². The third-order valence-electron chi connectivity index (χ3n) is 1.81. The number of hydrogen-bond acceptors (Lipinski definition) is 5. The van der Waals surface area contributed by atoms with Crippen LogP contribution in [0, 0.1) is 0 Å². The predicted molar refractivity (Wildman–Crippen MR) is 47.6 cm³/mol. The molecule has 0 aromatic carbocycles. The van der Waals surface area contributed by atoms with Gasteiger partial charge in [0.25, 0.3) is 0 Å². The van der Waals surface area contributed by atoms with Crippen molar-refractivity contribution in [3.8, 4) is 0 Å². The highest BCUT2D eigenvalue weighted by Crippen LogP contribution is 2.20. The zero-order valence-corrected chi connectivity index (χ0v) is 7.38. The molecule has 0 spiro atoms. The van der Waals surface area contributed by atoms with Gasteiger partial charge in [0.1, 0.15) is 6.10 Å². The summed E-state index contributed by atoms with van der Waals surface area (Å²) in [5.74, 6) is 0.211. The first-order valence-corrected chi connectivity index (χ1v) is 3.91. The van der Waals surface area contributed by atoms with Gasteiger partial charge in [-0.3, -0.25) is 4.68 Å². The van der Waals surface area contributed by atoms with Gasteiger partial charge in [-0.25, -0.2) is 0 Å². The molecule has 0 fully saturated rings. The lowest BCUT2D eigenvalue weighted by atomic mass is 10.1. The van der Waals surface area contributed by atoms with Crippen molar-refractivity contribution >= 4 is 5.82 Å².